The van der Waals surface area contributed by atoms with Crippen molar-refractivity contribution >= 4 is 28.5 Å². The molecule has 2 aromatic carbocycles. The lowest BCUT2D eigenvalue weighted by Crippen LogP contribution is -2.35. The zero-order valence-electron chi connectivity index (χ0n) is 18.8. The highest BCUT2D eigenvalue weighted by Gasteiger charge is 2.29. The normalized spacial score (nSPS) is 18.1. The molecule has 32 heavy (non-hydrogen) atoms. The van der Waals surface area contributed by atoms with Gasteiger partial charge in [-0.25, -0.2) is 4.98 Å². The molecule has 1 aliphatic carbocycles. The van der Waals surface area contributed by atoms with E-state index in [-0.39, 0.29) is 5.91 Å². The van der Waals surface area contributed by atoms with Crippen molar-refractivity contribution in [2.45, 2.75) is 19.3 Å². The average molecular weight is 428 g/mol. The van der Waals surface area contributed by atoms with Gasteiger partial charge in [0.15, 0.2) is 0 Å². The van der Waals surface area contributed by atoms with E-state index < -0.39 is 0 Å². The molecule has 0 N–H and O–H groups in total. The van der Waals surface area contributed by atoms with E-state index in [1.807, 2.05) is 41.3 Å². The van der Waals surface area contributed by atoms with Crippen molar-refractivity contribution in [2.75, 3.05) is 40.3 Å². The van der Waals surface area contributed by atoms with Crippen molar-refractivity contribution in [3.63, 3.8) is 0 Å². The van der Waals surface area contributed by atoms with E-state index >= 15 is 0 Å². The molecule has 5 rings (SSSR count). The Hall–Kier alpha value is -3.18. The Balaban J connectivity index is 1.58. The van der Waals surface area contributed by atoms with Crippen LogP contribution in [-0.2, 0) is 6.42 Å². The minimum absolute atomic E-state index is 0.154. The number of para-hydroxylation sites is 1. The molecule has 1 aliphatic heterocycles. The van der Waals surface area contributed by atoms with Gasteiger partial charge >= 0.3 is 0 Å². The van der Waals surface area contributed by atoms with E-state index in [9.17, 15) is 4.79 Å². The number of benzene rings is 2. The summed E-state index contributed by atoms with van der Waals surface area (Å²) in [7, 11) is 3.81. The molecule has 0 bridgehead atoms. The highest BCUT2D eigenvalue weighted by Crippen LogP contribution is 2.38. The Morgan fingerprint density at radius 2 is 1.81 bits per heavy atom. The first-order valence-corrected chi connectivity index (χ1v) is 11.4. The van der Waals surface area contributed by atoms with Gasteiger partial charge in [0, 0.05) is 25.0 Å². The van der Waals surface area contributed by atoms with E-state index in [0.29, 0.717) is 0 Å². The van der Waals surface area contributed by atoms with Gasteiger partial charge < -0.3 is 14.5 Å². The second kappa shape index (κ2) is 8.75. The summed E-state index contributed by atoms with van der Waals surface area (Å²) in [5.41, 5.74) is 6.14. The van der Waals surface area contributed by atoms with E-state index in [2.05, 4.69) is 30.2 Å². The molecule has 1 amide bonds. The van der Waals surface area contributed by atoms with Crippen LogP contribution in [-0.4, -0.2) is 61.0 Å². The summed E-state index contributed by atoms with van der Waals surface area (Å²) in [6, 6.07) is 16.1. The summed E-state index contributed by atoms with van der Waals surface area (Å²) in [6.45, 7) is 3.53. The van der Waals surface area contributed by atoms with Gasteiger partial charge in [0.2, 0.25) is 0 Å². The van der Waals surface area contributed by atoms with Crippen LogP contribution < -0.4 is 4.74 Å². The first-order valence-electron chi connectivity index (χ1n) is 11.4. The topological polar surface area (TPSA) is 45.7 Å². The number of amides is 1. The van der Waals surface area contributed by atoms with Crippen molar-refractivity contribution in [3.05, 3.63) is 70.9 Å². The monoisotopic (exact) mass is 427 g/mol. The number of hydrogen-bond acceptors (Lipinski definition) is 4. The van der Waals surface area contributed by atoms with Gasteiger partial charge in [-0.15, -0.1) is 0 Å². The molecular weight excluding hydrogens is 398 g/mol. The highest BCUT2D eigenvalue weighted by atomic mass is 16.5. The second-order valence-electron chi connectivity index (χ2n) is 8.72. The maximum Gasteiger partial charge on any atom is 0.254 e. The van der Waals surface area contributed by atoms with Crippen LogP contribution in [0.25, 0.3) is 22.6 Å². The zero-order valence-corrected chi connectivity index (χ0v) is 18.8. The Labute approximate surface area is 189 Å². The highest BCUT2D eigenvalue weighted by molar-refractivity contribution is 6.09. The van der Waals surface area contributed by atoms with Crippen LogP contribution in [0, 0.1) is 0 Å². The van der Waals surface area contributed by atoms with E-state index in [4.69, 9.17) is 9.72 Å². The minimum Gasteiger partial charge on any atom is -0.497 e. The van der Waals surface area contributed by atoms with Gasteiger partial charge in [0.1, 0.15) is 5.75 Å². The molecule has 2 aliphatic rings. The largest absolute Gasteiger partial charge is 0.497 e. The number of aromatic nitrogens is 1. The molecule has 0 spiro atoms. The van der Waals surface area contributed by atoms with E-state index in [1.54, 1.807) is 7.11 Å². The second-order valence-corrected chi connectivity index (χ2v) is 8.72. The third kappa shape index (κ3) is 3.89. The summed E-state index contributed by atoms with van der Waals surface area (Å²) in [4.78, 5) is 23.2. The molecule has 2 heterocycles. The SMILES string of the molecule is COc1ccc(/C=C2/CCc3c2nc2ccccc2c3C(=O)N2CCCN(C)CC2)cc1. The van der Waals surface area contributed by atoms with Crippen molar-refractivity contribution < 1.29 is 9.53 Å². The molecule has 0 atom stereocenters. The van der Waals surface area contributed by atoms with Crippen LogP contribution in [0.3, 0.4) is 0 Å². The van der Waals surface area contributed by atoms with Crippen molar-refractivity contribution in [2.24, 2.45) is 0 Å². The third-order valence-corrected chi connectivity index (χ3v) is 6.62. The first kappa shape index (κ1) is 20.7. The predicted octanol–water partition coefficient (Wildman–Crippen LogP) is 4.51. The number of nitrogens with zero attached hydrogens (tertiary/aromatic N) is 3. The predicted molar refractivity (Wildman–Crippen MR) is 129 cm³/mol. The zero-order chi connectivity index (χ0) is 22.1. The van der Waals surface area contributed by atoms with Gasteiger partial charge in [-0.1, -0.05) is 30.3 Å². The van der Waals surface area contributed by atoms with Gasteiger partial charge in [-0.2, -0.15) is 0 Å². The summed E-state index contributed by atoms with van der Waals surface area (Å²) in [5.74, 6) is 1.000. The average Bonchev–Trinajstić information content (AvgIpc) is 3.07. The summed E-state index contributed by atoms with van der Waals surface area (Å²) in [6.07, 6.45) is 4.95. The minimum atomic E-state index is 0.154. The molecule has 1 aromatic heterocycles. The first-order chi connectivity index (χ1) is 15.6. The van der Waals surface area contributed by atoms with Crippen LogP contribution in [0.1, 0.15) is 40.0 Å². The Morgan fingerprint density at radius 1 is 1.00 bits per heavy atom. The molecule has 0 radical (unpaired) electrons. The summed E-state index contributed by atoms with van der Waals surface area (Å²) < 4.78 is 5.28. The fraction of sp³-hybridized carbons (Fsp3) is 0.333. The molecule has 3 aromatic rings. The van der Waals surface area contributed by atoms with Gasteiger partial charge in [0.05, 0.1) is 23.9 Å². The fourth-order valence-electron chi connectivity index (χ4n) is 4.83. The molecular formula is C27H29N3O2. The van der Waals surface area contributed by atoms with Crippen LogP contribution in [0.5, 0.6) is 5.75 Å². The van der Waals surface area contributed by atoms with Crippen LogP contribution in [0.2, 0.25) is 0 Å². The van der Waals surface area contributed by atoms with E-state index in [1.165, 1.54) is 5.57 Å². The number of allylic oxidation sites excluding steroid dienone is 1. The van der Waals surface area contributed by atoms with Crippen molar-refractivity contribution in [3.8, 4) is 5.75 Å². The Morgan fingerprint density at radius 3 is 2.62 bits per heavy atom. The lowest BCUT2D eigenvalue weighted by Gasteiger charge is -2.23. The summed E-state index contributed by atoms with van der Waals surface area (Å²) >= 11 is 0. The van der Waals surface area contributed by atoms with Gasteiger partial charge in [-0.05, 0) is 73.8 Å². The Kier molecular flexibility index (Phi) is 5.66. The number of carbonyl (C=O) groups is 1. The molecule has 5 nitrogen and oxygen atoms in total. The van der Waals surface area contributed by atoms with Crippen LogP contribution in [0.15, 0.2) is 48.5 Å². The van der Waals surface area contributed by atoms with Crippen molar-refractivity contribution in [1.29, 1.82) is 0 Å². The maximum atomic E-state index is 13.8. The number of likely N-dealkylation sites (N-methyl/N-ethyl adjacent to an activating group) is 1. The molecule has 1 fully saturated rings. The third-order valence-electron chi connectivity index (χ3n) is 6.62. The lowest BCUT2D eigenvalue weighted by molar-refractivity contribution is 0.0763. The maximum absolute atomic E-state index is 13.8. The number of rotatable bonds is 3. The number of carbonyl (C=O) groups excluding carboxylic acids is 1. The Bertz CT molecular complexity index is 1180. The van der Waals surface area contributed by atoms with Gasteiger partial charge in [0.25, 0.3) is 5.91 Å². The van der Waals surface area contributed by atoms with Crippen molar-refractivity contribution in [1.82, 2.24) is 14.8 Å². The number of methoxy groups -OCH3 is 1. The summed E-state index contributed by atoms with van der Waals surface area (Å²) in [5, 5.41) is 0.972. The number of pyridine rings is 1. The van der Waals surface area contributed by atoms with E-state index in [0.717, 1.165) is 84.5 Å². The number of ether oxygens (including phenoxy) is 1. The molecule has 5 heteroatoms. The van der Waals surface area contributed by atoms with Crippen LogP contribution >= 0.6 is 0 Å². The molecule has 164 valence electrons. The molecule has 0 saturated carbocycles. The van der Waals surface area contributed by atoms with Crippen LogP contribution in [0.4, 0.5) is 0 Å². The number of fused-ring (bicyclic) bond motifs is 2. The standard InChI is InChI=1S/C27H29N3O2/c1-29-14-5-15-30(17-16-29)27(31)25-22-6-3-4-7-24(22)28-26-20(10-13-23(25)26)18-19-8-11-21(32-2)12-9-19/h3-4,6-9,11-12,18H,5,10,13-17H2,1-2H3/b20-18-. The fourth-order valence-corrected chi connectivity index (χ4v) is 4.83. The number of hydrogen-bond donors (Lipinski definition) is 0. The smallest absolute Gasteiger partial charge is 0.254 e. The molecule has 1 saturated heterocycles. The van der Waals surface area contributed by atoms with Gasteiger partial charge in [-0.3, -0.25) is 4.79 Å². The molecule has 0 unspecified atom stereocenters. The quantitative estimate of drug-likeness (QED) is 0.617. The lowest BCUT2D eigenvalue weighted by atomic mass is 9.99.